The Kier molecular flexibility index (Phi) is 4.90. The fourth-order valence-electron chi connectivity index (χ4n) is 1.51. The summed E-state index contributed by atoms with van der Waals surface area (Å²) in [6.07, 6.45) is 0. The third-order valence-corrected chi connectivity index (χ3v) is 5.88. The van der Waals surface area contributed by atoms with Crippen molar-refractivity contribution in [1.29, 1.82) is 0 Å². The van der Waals surface area contributed by atoms with Gasteiger partial charge in [0.05, 0.1) is 33.4 Å². The van der Waals surface area contributed by atoms with Crippen LogP contribution in [0.3, 0.4) is 0 Å². The Labute approximate surface area is 126 Å². The Morgan fingerprint density at radius 3 is 2.79 bits per heavy atom. The van der Waals surface area contributed by atoms with Gasteiger partial charge in [0, 0.05) is 4.47 Å². The van der Waals surface area contributed by atoms with Gasteiger partial charge in [0.25, 0.3) is 0 Å². The molecule has 0 fully saturated rings. The molecule has 0 spiro atoms. The van der Waals surface area contributed by atoms with E-state index in [1.54, 1.807) is 18.2 Å². The second-order valence-electron chi connectivity index (χ2n) is 3.72. The summed E-state index contributed by atoms with van der Waals surface area (Å²) in [5.74, 6) is 0.0364. The first-order valence-corrected chi connectivity index (χ1v) is 8.39. The quantitative estimate of drug-likeness (QED) is 0.784. The van der Waals surface area contributed by atoms with Crippen molar-refractivity contribution in [3.05, 3.63) is 51.3 Å². The zero-order valence-electron chi connectivity index (χ0n) is 10.1. The van der Waals surface area contributed by atoms with Crippen LogP contribution in [-0.4, -0.2) is 17.3 Å². The van der Waals surface area contributed by atoms with Crippen molar-refractivity contribution in [2.45, 2.75) is 9.96 Å². The zero-order chi connectivity index (χ0) is 13.8. The van der Waals surface area contributed by atoms with Gasteiger partial charge < -0.3 is 4.74 Å². The number of rotatable bonds is 4. The molecule has 1 heterocycles. The SMILES string of the molecule is COC(=O)c1ccc(CS(=O)c2cccs2)c(Br)c1. The zero-order valence-corrected chi connectivity index (χ0v) is 13.3. The second-order valence-corrected chi connectivity index (χ2v) is 7.20. The van der Waals surface area contributed by atoms with Crippen molar-refractivity contribution in [2.24, 2.45) is 0 Å². The molecule has 1 unspecified atom stereocenters. The van der Waals surface area contributed by atoms with Crippen molar-refractivity contribution in [3.8, 4) is 0 Å². The van der Waals surface area contributed by atoms with Gasteiger partial charge in [0.2, 0.25) is 0 Å². The minimum absolute atomic E-state index is 0.383. The maximum atomic E-state index is 12.1. The highest BCUT2D eigenvalue weighted by molar-refractivity contribution is 9.10. The molecule has 1 aromatic heterocycles. The number of methoxy groups -OCH3 is 1. The summed E-state index contributed by atoms with van der Waals surface area (Å²) in [4.78, 5) is 11.4. The minimum atomic E-state index is -1.06. The Morgan fingerprint density at radius 1 is 1.42 bits per heavy atom. The van der Waals surface area contributed by atoms with Crippen LogP contribution in [0.2, 0.25) is 0 Å². The Balaban J connectivity index is 2.18. The number of thiophene rings is 1. The van der Waals surface area contributed by atoms with Crippen LogP contribution < -0.4 is 0 Å². The first-order valence-electron chi connectivity index (χ1n) is 5.40. The monoisotopic (exact) mass is 358 g/mol. The summed E-state index contributed by atoms with van der Waals surface area (Å²) < 4.78 is 18.4. The van der Waals surface area contributed by atoms with E-state index in [1.165, 1.54) is 18.4 Å². The maximum Gasteiger partial charge on any atom is 0.337 e. The lowest BCUT2D eigenvalue weighted by Gasteiger charge is -2.06. The average Bonchev–Trinajstić information content (AvgIpc) is 2.94. The number of carbonyl (C=O) groups is 1. The van der Waals surface area contributed by atoms with E-state index in [0.29, 0.717) is 11.3 Å². The number of halogens is 1. The Bertz CT molecular complexity index is 608. The molecule has 19 heavy (non-hydrogen) atoms. The van der Waals surface area contributed by atoms with Gasteiger partial charge in [-0.05, 0) is 29.1 Å². The lowest BCUT2D eigenvalue weighted by Crippen LogP contribution is -2.02. The van der Waals surface area contributed by atoms with E-state index in [1.807, 2.05) is 17.5 Å². The molecule has 2 aromatic rings. The van der Waals surface area contributed by atoms with Gasteiger partial charge in [-0.1, -0.05) is 28.1 Å². The third kappa shape index (κ3) is 3.52. The van der Waals surface area contributed by atoms with Crippen LogP contribution in [0.4, 0.5) is 0 Å². The van der Waals surface area contributed by atoms with Crippen molar-refractivity contribution >= 4 is 44.0 Å². The normalized spacial score (nSPS) is 12.1. The standard InChI is InChI=1S/C13H11BrO3S2/c1-17-13(15)9-4-5-10(11(14)7-9)8-19(16)12-3-2-6-18-12/h2-7H,8H2,1H3. The molecule has 2 rings (SSSR count). The average molecular weight is 359 g/mol. The Hall–Kier alpha value is -0.980. The van der Waals surface area contributed by atoms with Crippen LogP contribution in [0.25, 0.3) is 0 Å². The highest BCUT2D eigenvalue weighted by Gasteiger charge is 2.12. The van der Waals surface area contributed by atoms with Crippen LogP contribution in [0, 0.1) is 0 Å². The molecule has 3 nitrogen and oxygen atoms in total. The largest absolute Gasteiger partial charge is 0.465 e. The van der Waals surface area contributed by atoms with Gasteiger partial charge >= 0.3 is 5.97 Å². The fraction of sp³-hybridized carbons (Fsp3) is 0.154. The van der Waals surface area contributed by atoms with Crippen LogP contribution in [0.15, 0.2) is 44.4 Å². The molecule has 0 amide bonds. The van der Waals surface area contributed by atoms with Crippen molar-refractivity contribution in [3.63, 3.8) is 0 Å². The number of carbonyl (C=O) groups excluding carboxylic acids is 1. The van der Waals surface area contributed by atoms with Crippen LogP contribution in [0.5, 0.6) is 0 Å². The number of hydrogen-bond acceptors (Lipinski definition) is 4. The molecule has 6 heteroatoms. The Morgan fingerprint density at radius 2 is 2.21 bits per heavy atom. The van der Waals surface area contributed by atoms with E-state index in [0.717, 1.165) is 14.2 Å². The molecule has 100 valence electrons. The predicted molar refractivity (Wildman–Crippen MR) is 79.9 cm³/mol. The first-order chi connectivity index (χ1) is 9.11. The van der Waals surface area contributed by atoms with Crippen LogP contribution in [-0.2, 0) is 21.3 Å². The summed E-state index contributed by atoms with van der Waals surface area (Å²) in [7, 11) is 0.283. The molecule has 0 saturated heterocycles. The molecule has 1 atom stereocenters. The molecule has 0 radical (unpaired) electrons. The van der Waals surface area contributed by atoms with E-state index in [2.05, 4.69) is 20.7 Å². The number of hydrogen-bond donors (Lipinski definition) is 0. The smallest absolute Gasteiger partial charge is 0.337 e. The van der Waals surface area contributed by atoms with Gasteiger partial charge in [-0.2, -0.15) is 0 Å². The number of benzene rings is 1. The van der Waals surface area contributed by atoms with Gasteiger partial charge in [-0.3, -0.25) is 4.21 Å². The van der Waals surface area contributed by atoms with Crippen molar-refractivity contribution in [1.82, 2.24) is 0 Å². The van der Waals surface area contributed by atoms with Crippen LogP contribution >= 0.6 is 27.3 Å². The molecular weight excluding hydrogens is 348 g/mol. The van der Waals surface area contributed by atoms with E-state index in [9.17, 15) is 9.00 Å². The molecule has 0 aliphatic heterocycles. The second kappa shape index (κ2) is 6.45. The predicted octanol–water partition coefficient (Wildman–Crippen LogP) is 3.61. The van der Waals surface area contributed by atoms with Crippen LogP contribution in [0.1, 0.15) is 15.9 Å². The highest BCUT2D eigenvalue weighted by Crippen LogP contribution is 2.24. The van der Waals surface area contributed by atoms with E-state index < -0.39 is 10.8 Å². The first kappa shape index (κ1) is 14.4. The lowest BCUT2D eigenvalue weighted by atomic mass is 10.1. The van der Waals surface area contributed by atoms with Crippen molar-refractivity contribution in [2.75, 3.05) is 7.11 Å². The van der Waals surface area contributed by atoms with Gasteiger partial charge in [0.1, 0.15) is 0 Å². The summed E-state index contributed by atoms with van der Waals surface area (Å²) >= 11 is 4.88. The van der Waals surface area contributed by atoms with Crippen molar-refractivity contribution < 1.29 is 13.7 Å². The summed E-state index contributed by atoms with van der Waals surface area (Å²) in [5, 5.41) is 1.91. The highest BCUT2D eigenvalue weighted by atomic mass is 79.9. The van der Waals surface area contributed by atoms with Gasteiger partial charge in [0.15, 0.2) is 0 Å². The molecular formula is C13H11BrO3S2. The summed E-state index contributed by atoms with van der Waals surface area (Å²) in [6, 6.07) is 8.90. The van der Waals surface area contributed by atoms with E-state index in [4.69, 9.17) is 0 Å². The fourth-order valence-corrected chi connectivity index (χ4v) is 4.35. The van der Waals surface area contributed by atoms with Gasteiger partial charge in [-0.15, -0.1) is 11.3 Å². The molecule has 0 saturated carbocycles. The third-order valence-electron chi connectivity index (χ3n) is 2.48. The molecule has 0 aliphatic carbocycles. The topological polar surface area (TPSA) is 43.4 Å². The van der Waals surface area contributed by atoms with E-state index >= 15 is 0 Å². The number of esters is 1. The number of ether oxygens (including phenoxy) is 1. The molecule has 0 bridgehead atoms. The van der Waals surface area contributed by atoms with E-state index in [-0.39, 0.29) is 5.97 Å². The minimum Gasteiger partial charge on any atom is -0.465 e. The summed E-state index contributed by atoms with van der Waals surface area (Å²) in [5.41, 5.74) is 1.37. The molecule has 0 N–H and O–H groups in total. The lowest BCUT2D eigenvalue weighted by molar-refractivity contribution is 0.0600. The maximum absolute atomic E-state index is 12.1. The summed E-state index contributed by atoms with van der Waals surface area (Å²) in [6.45, 7) is 0. The molecule has 0 aliphatic rings. The van der Waals surface area contributed by atoms with Gasteiger partial charge in [-0.25, -0.2) is 4.79 Å². The molecule has 1 aromatic carbocycles.